The second-order valence-electron chi connectivity index (χ2n) is 5.67. The van der Waals surface area contributed by atoms with Crippen molar-refractivity contribution in [2.45, 2.75) is 45.1 Å². The monoisotopic (exact) mass is 329 g/mol. The molecule has 2 aromatic rings. The van der Waals surface area contributed by atoms with E-state index in [4.69, 9.17) is 10.7 Å². The number of halogens is 2. The lowest BCUT2D eigenvalue weighted by Crippen LogP contribution is -2.17. The molecule has 3 rings (SSSR count). The van der Waals surface area contributed by atoms with Crippen LogP contribution in [0.1, 0.15) is 37.9 Å². The number of nitrogens with two attached hydrogens (primary N) is 1. The van der Waals surface area contributed by atoms with Gasteiger partial charge in [-0.15, -0.1) is 24.8 Å². The molecule has 0 atom stereocenters. The van der Waals surface area contributed by atoms with E-state index in [1.165, 1.54) is 37.6 Å². The molecule has 1 aliphatic rings. The zero-order chi connectivity index (χ0) is 13.1. The number of nitrogens with zero attached hydrogens (tertiary/aromatic N) is 2. The van der Waals surface area contributed by atoms with Crippen molar-refractivity contribution >= 4 is 35.8 Å². The van der Waals surface area contributed by atoms with Gasteiger partial charge >= 0.3 is 0 Å². The van der Waals surface area contributed by atoms with Crippen LogP contribution in [0, 0.1) is 5.92 Å². The van der Waals surface area contributed by atoms with E-state index in [1.807, 2.05) is 0 Å². The second kappa shape index (κ2) is 8.62. The molecule has 0 radical (unpaired) electrons. The predicted molar refractivity (Wildman–Crippen MR) is 93.6 cm³/mol. The van der Waals surface area contributed by atoms with Gasteiger partial charge in [-0.2, -0.15) is 0 Å². The number of aromatic nitrogens is 2. The quantitative estimate of drug-likeness (QED) is 0.922. The number of hydrogen-bond donors (Lipinski definition) is 1. The summed E-state index contributed by atoms with van der Waals surface area (Å²) in [6, 6.07) is 8.46. The molecule has 3 nitrogen and oxygen atoms in total. The average molecular weight is 330 g/mol. The lowest BCUT2D eigenvalue weighted by molar-refractivity contribution is 0.319. The molecule has 0 bridgehead atoms. The first kappa shape index (κ1) is 18.3. The number of para-hydroxylation sites is 2. The van der Waals surface area contributed by atoms with Gasteiger partial charge < -0.3 is 10.3 Å². The predicted octanol–water partition coefficient (Wildman–Crippen LogP) is 3.96. The molecule has 2 N–H and O–H groups in total. The first-order chi connectivity index (χ1) is 9.38. The van der Waals surface area contributed by atoms with Crippen LogP contribution >= 0.6 is 24.8 Å². The molecule has 118 valence electrons. The SMILES string of the molecule is Cl.Cl.NCCc1nc2ccccc2n1CC1CCCCC1. The molecule has 0 unspecified atom stereocenters. The van der Waals surface area contributed by atoms with E-state index in [-0.39, 0.29) is 24.8 Å². The van der Waals surface area contributed by atoms with Crippen LogP contribution in [0.5, 0.6) is 0 Å². The molecule has 0 aliphatic heterocycles. The fourth-order valence-electron chi connectivity index (χ4n) is 3.28. The Morgan fingerprint density at radius 3 is 2.52 bits per heavy atom. The molecule has 1 heterocycles. The smallest absolute Gasteiger partial charge is 0.111 e. The largest absolute Gasteiger partial charge is 0.330 e. The molecule has 0 saturated heterocycles. The van der Waals surface area contributed by atoms with Gasteiger partial charge in [-0.25, -0.2) is 4.98 Å². The van der Waals surface area contributed by atoms with Crippen LogP contribution in [0.4, 0.5) is 0 Å². The van der Waals surface area contributed by atoms with E-state index in [0.717, 1.165) is 30.2 Å². The van der Waals surface area contributed by atoms with Crippen LogP contribution in [0.25, 0.3) is 11.0 Å². The average Bonchev–Trinajstić information content (AvgIpc) is 2.79. The Hall–Kier alpha value is -0.770. The summed E-state index contributed by atoms with van der Waals surface area (Å²) in [5.74, 6) is 1.98. The maximum Gasteiger partial charge on any atom is 0.111 e. The Balaban J connectivity index is 0.00000110. The third-order valence-electron chi connectivity index (χ3n) is 4.27. The summed E-state index contributed by atoms with van der Waals surface area (Å²) < 4.78 is 2.41. The van der Waals surface area contributed by atoms with Gasteiger partial charge in [-0.05, 0) is 37.4 Å². The molecule has 5 heteroatoms. The van der Waals surface area contributed by atoms with Gasteiger partial charge in [0, 0.05) is 13.0 Å². The van der Waals surface area contributed by atoms with Crippen LogP contribution in [0.2, 0.25) is 0 Å². The highest BCUT2D eigenvalue weighted by Crippen LogP contribution is 2.27. The van der Waals surface area contributed by atoms with E-state index in [0.29, 0.717) is 6.54 Å². The fraction of sp³-hybridized carbons (Fsp3) is 0.562. The lowest BCUT2D eigenvalue weighted by Gasteiger charge is -2.23. The van der Waals surface area contributed by atoms with Crippen molar-refractivity contribution in [2.75, 3.05) is 6.54 Å². The van der Waals surface area contributed by atoms with Gasteiger partial charge in [0.1, 0.15) is 5.82 Å². The van der Waals surface area contributed by atoms with Crippen molar-refractivity contribution in [1.82, 2.24) is 9.55 Å². The Morgan fingerprint density at radius 2 is 1.81 bits per heavy atom. The number of rotatable bonds is 4. The molecule has 0 amide bonds. The standard InChI is InChI=1S/C16H23N3.2ClH/c17-11-10-16-18-14-8-4-5-9-15(14)19(16)12-13-6-2-1-3-7-13;;/h4-5,8-9,13H,1-3,6-7,10-12,17H2;2*1H. The van der Waals surface area contributed by atoms with Gasteiger partial charge in [0.05, 0.1) is 11.0 Å². The third kappa shape index (κ3) is 4.12. The Morgan fingerprint density at radius 1 is 1.10 bits per heavy atom. The summed E-state index contributed by atoms with van der Waals surface area (Å²) >= 11 is 0. The lowest BCUT2D eigenvalue weighted by atomic mass is 9.89. The van der Waals surface area contributed by atoms with Gasteiger partial charge in [-0.3, -0.25) is 0 Å². The minimum absolute atomic E-state index is 0. The van der Waals surface area contributed by atoms with Crippen LogP contribution in [-0.2, 0) is 13.0 Å². The molecule has 1 aromatic carbocycles. The van der Waals surface area contributed by atoms with E-state index >= 15 is 0 Å². The van der Waals surface area contributed by atoms with Gasteiger partial charge in [0.15, 0.2) is 0 Å². The van der Waals surface area contributed by atoms with Crippen LogP contribution in [-0.4, -0.2) is 16.1 Å². The minimum atomic E-state index is 0. The van der Waals surface area contributed by atoms with Crippen LogP contribution in [0.3, 0.4) is 0 Å². The molecule has 1 fully saturated rings. The molecule has 0 spiro atoms. The summed E-state index contributed by atoms with van der Waals surface area (Å²) in [5.41, 5.74) is 8.12. The first-order valence-electron chi connectivity index (χ1n) is 7.52. The normalized spacial score (nSPS) is 15.5. The second-order valence-corrected chi connectivity index (χ2v) is 5.67. The first-order valence-corrected chi connectivity index (χ1v) is 7.52. The highest BCUT2D eigenvalue weighted by molar-refractivity contribution is 5.85. The zero-order valence-electron chi connectivity index (χ0n) is 12.3. The van der Waals surface area contributed by atoms with Crippen molar-refractivity contribution < 1.29 is 0 Å². The summed E-state index contributed by atoms with van der Waals surface area (Å²) in [4.78, 5) is 4.75. The van der Waals surface area contributed by atoms with Crippen molar-refractivity contribution in [3.8, 4) is 0 Å². The highest BCUT2D eigenvalue weighted by Gasteiger charge is 2.17. The summed E-state index contributed by atoms with van der Waals surface area (Å²) in [5, 5.41) is 0. The van der Waals surface area contributed by atoms with Crippen molar-refractivity contribution in [3.63, 3.8) is 0 Å². The van der Waals surface area contributed by atoms with Gasteiger partial charge in [0.25, 0.3) is 0 Å². The molecule has 1 aliphatic carbocycles. The fourth-order valence-corrected chi connectivity index (χ4v) is 3.28. The Kier molecular flexibility index (Phi) is 7.50. The van der Waals surface area contributed by atoms with Gasteiger partial charge in [-0.1, -0.05) is 31.4 Å². The number of imidazole rings is 1. The Labute approximate surface area is 139 Å². The third-order valence-corrected chi connectivity index (χ3v) is 4.27. The van der Waals surface area contributed by atoms with Gasteiger partial charge in [0.2, 0.25) is 0 Å². The van der Waals surface area contributed by atoms with Crippen LogP contribution < -0.4 is 5.73 Å². The summed E-state index contributed by atoms with van der Waals surface area (Å²) in [6.45, 7) is 1.80. The molecule has 1 saturated carbocycles. The number of fused-ring (bicyclic) bond motifs is 1. The Bertz CT molecular complexity index is 547. The maximum atomic E-state index is 5.73. The highest BCUT2D eigenvalue weighted by atomic mass is 35.5. The number of hydrogen-bond acceptors (Lipinski definition) is 2. The molecule has 1 aromatic heterocycles. The molecule has 21 heavy (non-hydrogen) atoms. The van der Waals surface area contributed by atoms with E-state index in [2.05, 4.69) is 28.8 Å². The minimum Gasteiger partial charge on any atom is -0.330 e. The zero-order valence-corrected chi connectivity index (χ0v) is 14.0. The van der Waals surface area contributed by atoms with Crippen LogP contribution in [0.15, 0.2) is 24.3 Å². The molecular weight excluding hydrogens is 305 g/mol. The van der Waals surface area contributed by atoms with E-state index in [1.54, 1.807) is 0 Å². The molecular formula is C16H25Cl2N3. The maximum absolute atomic E-state index is 5.73. The van der Waals surface area contributed by atoms with Crippen molar-refractivity contribution in [2.24, 2.45) is 11.7 Å². The van der Waals surface area contributed by atoms with Crippen molar-refractivity contribution in [1.29, 1.82) is 0 Å². The van der Waals surface area contributed by atoms with E-state index in [9.17, 15) is 0 Å². The van der Waals surface area contributed by atoms with E-state index < -0.39 is 0 Å². The topological polar surface area (TPSA) is 43.8 Å². The summed E-state index contributed by atoms with van der Waals surface area (Å²) in [6.07, 6.45) is 7.81. The summed E-state index contributed by atoms with van der Waals surface area (Å²) in [7, 11) is 0. The van der Waals surface area contributed by atoms with Crippen molar-refractivity contribution in [3.05, 3.63) is 30.1 Å². The number of benzene rings is 1.